The van der Waals surface area contributed by atoms with Gasteiger partial charge in [-0.3, -0.25) is 24.6 Å². The largest absolute Gasteiger partial charge is 0.497 e. The lowest BCUT2D eigenvalue weighted by atomic mass is 9.98. The van der Waals surface area contributed by atoms with Crippen LogP contribution in [0.5, 0.6) is 5.75 Å². The van der Waals surface area contributed by atoms with E-state index in [0.717, 1.165) is 10.6 Å². The molecule has 2 aromatic heterocycles. The van der Waals surface area contributed by atoms with E-state index in [2.05, 4.69) is 4.98 Å². The number of non-ortho nitro benzene ring substituents is 1. The maximum Gasteiger partial charge on any atom is 0.297 e. The number of aromatic nitrogens is 1. The molecule has 1 atom stereocenters. The summed E-state index contributed by atoms with van der Waals surface area (Å²) in [5.74, 6) is -0.0791. The van der Waals surface area contributed by atoms with Crippen LogP contribution in [0, 0.1) is 24.0 Å². The second-order valence-corrected chi connectivity index (χ2v) is 8.78. The van der Waals surface area contributed by atoms with Gasteiger partial charge in [0.1, 0.15) is 11.3 Å². The van der Waals surface area contributed by atoms with Crippen molar-refractivity contribution in [1.82, 2.24) is 4.98 Å². The second-order valence-electron chi connectivity index (χ2n) is 7.60. The molecule has 0 saturated carbocycles. The van der Waals surface area contributed by atoms with Crippen LogP contribution >= 0.6 is 11.3 Å². The van der Waals surface area contributed by atoms with Gasteiger partial charge in [-0.1, -0.05) is 0 Å². The summed E-state index contributed by atoms with van der Waals surface area (Å²) in [4.78, 5) is 44.6. The SMILES string of the molecule is COc1ccc2c(=O)c3c(oc2c1)C(=O)N(c1nc(C)c(C)s1)C3c1ccc([N+](=O)[O-])cc1. The Morgan fingerprint density at radius 2 is 1.88 bits per heavy atom. The number of methoxy groups -OCH3 is 1. The van der Waals surface area contributed by atoms with Crippen LogP contribution in [0.25, 0.3) is 11.0 Å². The minimum atomic E-state index is -0.832. The fraction of sp³-hybridized carbons (Fsp3) is 0.174. The average Bonchev–Trinajstić information content (AvgIpc) is 3.29. The molecule has 3 heterocycles. The Kier molecular flexibility index (Phi) is 4.75. The lowest BCUT2D eigenvalue weighted by Crippen LogP contribution is -2.29. The molecule has 2 aromatic carbocycles. The molecule has 0 spiro atoms. The predicted molar refractivity (Wildman–Crippen MR) is 122 cm³/mol. The number of nitro benzene ring substituents is 1. The first-order chi connectivity index (χ1) is 15.8. The number of hydrogen-bond donors (Lipinski definition) is 0. The Balaban J connectivity index is 1.78. The smallest absolute Gasteiger partial charge is 0.297 e. The molecule has 9 nitrogen and oxygen atoms in total. The zero-order valence-electron chi connectivity index (χ0n) is 17.8. The lowest BCUT2D eigenvalue weighted by Gasteiger charge is -2.22. The van der Waals surface area contributed by atoms with Gasteiger partial charge in [0.05, 0.1) is 34.7 Å². The fourth-order valence-electron chi connectivity index (χ4n) is 3.93. The number of aryl methyl sites for hydroxylation is 2. The van der Waals surface area contributed by atoms with Crippen molar-refractivity contribution in [3.63, 3.8) is 0 Å². The molecule has 0 fully saturated rings. The maximum atomic E-state index is 13.6. The molecule has 0 radical (unpaired) electrons. The van der Waals surface area contributed by atoms with E-state index in [9.17, 15) is 19.7 Å². The van der Waals surface area contributed by atoms with Gasteiger partial charge in [0.2, 0.25) is 5.76 Å². The topological polar surface area (TPSA) is 116 Å². The fourth-order valence-corrected chi connectivity index (χ4v) is 4.86. The molecule has 33 heavy (non-hydrogen) atoms. The van der Waals surface area contributed by atoms with E-state index < -0.39 is 16.9 Å². The molecular formula is C23H17N3O6S. The molecule has 0 bridgehead atoms. The summed E-state index contributed by atoms with van der Waals surface area (Å²) in [6.07, 6.45) is 0. The molecule has 1 aliphatic heterocycles. The summed E-state index contributed by atoms with van der Waals surface area (Å²) in [6.45, 7) is 3.74. The van der Waals surface area contributed by atoms with Crippen LogP contribution in [0.2, 0.25) is 0 Å². The molecule has 5 rings (SSSR count). The summed E-state index contributed by atoms with van der Waals surface area (Å²) in [6, 6.07) is 9.76. The van der Waals surface area contributed by atoms with Gasteiger partial charge in [-0.25, -0.2) is 4.98 Å². The number of nitrogens with zero attached hydrogens (tertiary/aromatic N) is 3. The summed E-state index contributed by atoms with van der Waals surface area (Å²) < 4.78 is 11.2. The van der Waals surface area contributed by atoms with E-state index in [1.807, 2.05) is 13.8 Å². The highest BCUT2D eigenvalue weighted by molar-refractivity contribution is 7.15. The summed E-state index contributed by atoms with van der Waals surface area (Å²) in [5, 5.41) is 11.9. The van der Waals surface area contributed by atoms with Gasteiger partial charge in [-0.15, -0.1) is 11.3 Å². The lowest BCUT2D eigenvalue weighted by molar-refractivity contribution is -0.384. The number of benzene rings is 2. The highest BCUT2D eigenvalue weighted by Gasteiger charge is 2.45. The molecule has 1 amide bonds. The third-order valence-electron chi connectivity index (χ3n) is 5.72. The summed E-state index contributed by atoms with van der Waals surface area (Å²) in [5.41, 5.74) is 1.29. The predicted octanol–water partition coefficient (Wildman–Crippen LogP) is 4.53. The molecule has 1 unspecified atom stereocenters. The Hall–Kier alpha value is -4.05. The number of hydrogen-bond acceptors (Lipinski definition) is 8. The van der Waals surface area contributed by atoms with E-state index in [4.69, 9.17) is 9.15 Å². The molecule has 4 aromatic rings. The monoisotopic (exact) mass is 463 g/mol. The highest BCUT2D eigenvalue weighted by atomic mass is 32.1. The van der Waals surface area contributed by atoms with Gasteiger partial charge in [-0.2, -0.15) is 0 Å². The Morgan fingerprint density at radius 3 is 2.48 bits per heavy atom. The third kappa shape index (κ3) is 3.18. The van der Waals surface area contributed by atoms with Gasteiger partial charge in [0.25, 0.3) is 11.6 Å². The van der Waals surface area contributed by atoms with Crippen LogP contribution in [0.15, 0.2) is 51.7 Å². The first-order valence-electron chi connectivity index (χ1n) is 9.97. The average molecular weight is 463 g/mol. The van der Waals surface area contributed by atoms with Gasteiger partial charge in [-0.05, 0) is 43.7 Å². The molecule has 10 heteroatoms. The Morgan fingerprint density at radius 1 is 1.15 bits per heavy atom. The first kappa shape index (κ1) is 20.8. The number of carbonyl (C=O) groups is 1. The first-order valence-corrected chi connectivity index (χ1v) is 10.8. The highest BCUT2D eigenvalue weighted by Crippen LogP contribution is 2.43. The van der Waals surface area contributed by atoms with Gasteiger partial charge < -0.3 is 9.15 Å². The van der Waals surface area contributed by atoms with Gasteiger partial charge in [0, 0.05) is 23.1 Å². The van der Waals surface area contributed by atoms with Crippen LogP contribution < -0.4 is 15.1 Å². The normalized spacial score (nSPS) is 15.2. The molecule has 0 saturated heterocycles. The number of amides is 1. The zero-order valence-corrected chi connectivity index (χ0v) is 18.6. The number of fused-ring (bicyclic) bond motifs is 2. The van der Waals surface area contributed by atoms with Crippen molar-refractivity contribution in [1.29, 1.82) is 0 Å². The van der Waals surface area contributed by atoms with Crippen LogP contribution in [-0.2, 0) is 0 Å². The van der Waals surface area contributed by atoms with Crippen LogP contribution in [0.4, 0.5) is 10.8 Å². The van der Waals surface area contributed by atoms with E-state index in [-0.39, 0.29) is 28.0 Å². The van der Waals surface area contributed by atoms with E-state index in [0.29, 0.717) is 21.8 Å². The molecule has 166 valence electrons. The Bertz CT molecular complexity index is 1490. The van der Waals surface area contributed by atoms with Crippen molar-refractivity contribution >= 4 is 39.0 Å². The van der Waals surface area contributed by atoms with Gasteiger partial charge >= 0.3 is 0 Å². The number of thiazole rings is 1. The van der Waals surface area contributed by atoms with Crippen LogP contribution in [-0.4, -0.2) is 22.9 Å². The van der Waals surface area contributed by atoms with Crippen molar-refractivity contribution in [3.8, 4) is 5.75 Å². The quantitative estimate of drug-likeness (QED) is 0.322. The number of nitro groups is 1. The zero-order chi connectivity index (χ0) is 23.4. The van der Waals surface area contributed by atoms with Gasteiger partial charge in [0.15, 0.2) is 10.6 Å². The second kappa shape index (κ2) is 7.52. The number of anilines is 1. The minimum absolute atomic E-state index is 0.0744. The van der Waals surface area contributed by atoms with Crippen molar-refractivity contribution in [2.45, 2.75) is 19.9 Å². The van der Waals surface area contributed by atoms with Crippen LogP contribution in [0.3, 0.4) is 0 Å². The van der Waals surface area contributed by atoms with Crippen LogP contribution in [0.1, 0.15) is 38.3 Å². The summed E-state index contributed by atoms with van der Waals surface area (Å²) >= 11 is 1.33. The van der Waals surface area contributed by atoms with E-state index in [1.165, 1.54) is 35.5 Å². The standard InChI is InChI=1S/C23H17N3O6S/c1-11-12(2)33-23(24-11)25-19(13-4-6-14(7-5-13)26(29)30)18-20(27)16-9-8-15(31-3)10-17(16)32-21(18)22(25)28/h4-10,19H,1-3H3. The number of ether oxygens (including phenoxy) is 1. The Labute approximate surface area is 191 Å². The molecule has 0 aliphatic carbocycles. The van der Waals surface area contributed by atoms with Crippen molar-refractivity contribution in [2.75, 3.05) is 12.0 Å². The van der Waals surface area contributed by atoms with E-state index in [1.54, 1.807) is 30.3 Å². The minimum Gasteiger partial charge on any atom is -0.497 e. The molecule has 0 N–H and O–H groups in total. The van der Waals surface area contributed by atoms with Crippen molar-refractivity contribution in [2.24, 2.45) is 0 Å². The van der Waals surface area contributed by atoms with Crippen molar-refractivity contribution in [3.05, 3.63) is 90.3 Å². The number of rotatable bonds is 4. The van der Waals surface area contributed by atoms with E-state index >= 15 is 0 Å². The third-order valence-corrected chi connectivity index (χ3v) is 6.79. The summed E-state index contributed by atoms with van der Waals surface area (Å²) in [7, 11) is 1.50. The molecular weight excluding hydrogens is 446 g/mol. The number of carbonyl (C=O) groups excluding carboxylic acids is 1. The maximum absolute atomic E-state index is 13.6. The molecule has 1 aliphatic rings. The van der Waals surface area contributed by atoms with Crippen molar-refractivity contribution < 1.29 is 18.9 Å².